The van der Waals surface area contributed by atoms with Crippen molar-refractivity contribution in [1.29, 1.82) is 0 Å². The van der Waals surface area contributed by atoms with Crippen LogP contribution in [0.25, 0.3) is 0 Å². The van der Waals surface area contributed by atoms with E-state index >= 15 is 0 Å². The van der Waals surface area contributed by atoms with Crippen molar-refractivity contribution in [3.05, 3.63) is 53.1 Å². The zero-order valence-corrected chi connectivity index (χ0v) is 13.3. The van der Waals surface area contributed by atoms with Crippen LogP contribution in [0, 0.1) is 0 Å². The number of hydrogen-bond donors (Lipinski definition) is 0. The number of hydrogen-bond acceptors (Lipinski definition) is 6. The molecule has 124 valence electrons. The Morgan fingerprint density at radius 1 is 0.917 bits per heavy atom. The highest BCUT2D eigenvalue weighted by Crippen LogP contribution is 2.37. The van der Waals surface area contributed by atoms with Crippen molar-refractivity contribution in [2.45, 2.75) is 0 Å². The molecule has 2 aromatic carbocycles. The number of esters is 1. The molecule has 0 N–H and O–H groups in total. The van der Waals surface area contributed by atoms with Crippen LogP contribution in [0.2, 0.25) is 0 Å². The van der Waals surface area contributed by atoms with Gasteiger partial charge >= 0.3 is 5.97 Å². The molecule has 0 aliphatic carbocycles. The lowest BCUT2D eigenvalue weighted by Crippen LogP contribution is -2.16. The van der Waals surface area contributed by atoms with Crippen LogP contribution in [0.1, 0.15) is 26.3 Å². The average Bonchev–Trinajstić information content (AvgIpc) is 2.65. The Morgan fingerprint density at radius 3 is 2.08 bits per heavy atom. The van der Waals surface area contributed by atoms with Crippen molar-refractivity contribution in [3.8, 4) is 17.2 Å². The third-order valence-corrected chi connectivity index (χ3v) is 3.68. The van der Waals surface area contributed by atoms with E-state index in [-0.39, 0.29) is 5.78 Å². The average molecular weight is 328 g/mol. The van der Waals surface area contributed by atoms with Crippen molar-refractivity contribution in [1.82, 2.24) is 0 Å². The fraction of sp³-hybridized carbons (Fsp3) is 0.222. The molecule has 0 atom stereocenters. The Morgan fingerprint density at radius 2 is 1.50 bits per heavy atom. The van der Waals surface area contributed by atoms with Crippen LogP contribution in [0.5, 0.6) is 17.2 Å². The second-order valence-corrected chi connectivity index (χ2v) is 5.09. The normalized spacial score (nSPS) is 12.4. The molecule has 6 nitrogen and oxygen atoms in total. The molecule has 1 heterocycles. The van der Waals surface area contributed by atoms with Crippen LogP contribution in [0.4, 0.5) is 0 Å². The highest BCUT2D eigenvalue weighted by molar-refractivity contribution is 6.11. The third-order valence-electron chi connectivity index (χ3n) is 3.68. The Labute approximate surface area is 138 Å². The molecule has 3 rings (SSSR count). The van der Waals surface area contributed by atoms with Crippen molar-refractivity contribution < 1.29 is 28.5 Å². The summed E-state index contributed by atoms with van der Waals surface area (Å²) in [5, 5.41) is 0. The summed E-state index contributed by atoms with van der Waals surface area (Å²) in [4.78, 5) is 24.2. The Bertz CT molecular complexity index is 779. The number of rotatable bonds is 4. The Kier molecular flexibility index (Phi) is 4.37. The van der Waals surface area contributed by atoms with E-state index in [1.165, 1.54) is 14.2 Å². The van der Waals surface area contributed by atoms with Crippen LogP contribution in [0.3, 0.4) is 0 Å². The molecular weight excluding hydrogens is 312 g/mol. The molecule has 0 aromatic heterocycles. The van der Waals surface area contributed by atoms with Crippen LogP contribution in [-0.2, 0) is 4.74 Å². The van der Waals surface area contributed by atoms with Gasteiger partial charge < -0.3 is 18.9 Å². The van der Waals surface area contributed by atoms with Crippen LogP contribution in [-0.4, -0.2) is 39.2 Å². The fourth-order valence-electron chi connectivity index (χ4n) is 2.45. The van der Waals surface area contributed by atoms with Gasteiger partial charge in [0.15, 0.2) is 17.3 Å². The van der Waals surface area contributed by atoms with Gasteiger partial charge in [0.2, 0.25) is 0 Å². The van der Waals surface area contributed by atoms with Crippen LogP contribution < -0.4 is 14.2 Å². The molecule has 0 fully saturated rings. The Hall–Kier alpha value is -3.02. The topological polar surface area (TPSA) is 71.1 Å². The van der Waals surface area contributed by atoms with Crippen molar-refractivity contribution in [2.75, 3.05) is 27.4 Å². The SMILES string of the molecule is COC(=O)c1ccc(C(=O)c2cc3c(cc2OC)OCCO3)cc1. The Balaban J connectivity index is 1.95. The highest BCUT2D eigenvalue weighted by Gasteiger charge is 2.21. The van der Waals surface area contributed by atoms with Crippen LogP contribution >= 0.6 is 0 Å². The summed E-state index contributed by atoms with van der Waals surface area (Å²) in [5.41, 5.74) is 1.17. The van der Waals surface area contributed by atoms with Crippen molar-refractivity contribution in [2.24, 2.45) is 0 Å². The minimum absolute atomic E-state index is 0.236. The molecule has 24 heavy (non-hydrogen) atoms. The van der Waals surface area contributed by atoms with Gasteiger partial charge in [0.05, 0.1) is 25.3 Å². The van der Waals surface area contributed by atoms with E-state index < -0.39 is 5.97 Å². The molecule has 0 saturated heterocycles. The molecule has 0 saturated carbocycles. The van der Waals surface area contributed by atoms with Gasteiger partial charge in [-0.05, 0) is 18.2 Å². The highest BCUT2D eigenvalue weighted by atomic mass is 16.6. The lowest BCUT2D eigenvalue weighted by molar-refractivity contribution is 0.0600. The molecule has 0 amide bonds. The summed E-state index contributed by atoms with van der Waals surface area (Å²) in [5.74, 6) is 0.778. The van der Waals surface area contributed by atoms with Gasteiger partial charge in [-0.2, -0.15) is 0 Å². The maximum Gasteiger partial charge on any atom is 0.337 e. The number of ketones is 1. The van der Waals surface area contributed by atoms with Gasteiger partial charge in [0.1, 0.15) is 19.0 Å². The van der Waals surface area contributed by atoms with Gasteiger partial charge in [0.25, 0.3) is 0 Å². The lowest BCUT2D eigenvalue weighted by Gasteiger charge is -2.20. The lowest BCUT2D eigenvalue weighted by atomic mass is 10.0. The molecule has 0 bridgehead atoms. The summed E-state index contributed by atoms with van der Waals surface area (Å²) in [6.07, 6.45) is 0. The fourth-order valence-corrected chi connectivity index (χ4v) is 2.45. The van der Waals surface area contributed by atoms with Crippen molar-refractivity contribution >= 4 is 11.8 Å². The van der Waals surface area contributed by atoms with Gasteiger partial charge in [-0.15, -0.1) is 0 Å². The van der Waals surface area contributed by atoms with Gasteiger partial charge in [-0.1, -0.05) is 12.1 Å². The molecule has 1 aliphatic heterocycles. The first-order chi connectivity index (χ1) is 11.6. The summed E-state index contributed by atoms with van der Waals surface area (Å²) in [7, 11) is 2.80. The summed E-state index contributed by atoms with van der Waals surface area (Å²) in [6.45, 7) is 0.888. The zero-order chi connectivity index (χ0) is 17.1. The monoisotopic (exact) mass is 328 g/mol. The maximum atomic E-state index is 12.8. The summed E-state index contributed by atoms with van der Waals surface area (Å²) in [6, 6.07) is 9.50. The first-order valence-corrected chi connectivity index (χ1v) is 7.34. The number of ether oxygens (including phenoxy) is 4. The quantitative estimate of drug-likeness (QED) is 0.634. The van der Waals surface area contributed by atoms with Gasteiger partial charge in [-0.25, -0.2) is 4.79 Å². The smallest absolute Gasteiger partial charge is 0.337 e. The first kappa shape index (κ1) is 15.9. The summed E-state index contributed by atoms with van der Waals surface area (Å²) < 4.78 is 21.0. The molecule has 0 spiro atoms. The first-order valence-electron chi connectivity index (χ1n) is 7.34. The van der Waals surface area contributed by atoms with E-state index in [4.69, 9.17) is 14.2 Å². The van der Waals surface area contributed by atoms with E-state index in [1.807, 2.05) is 0 Å². The second-order valence-electron chi connectivity index (χ2n) is 5.09. The predicted octanol–water partition coefficient (Wildman–Crippen LogP) is 2.48. The van der Waals surface area contributed by atoms with Gasteiger partial charge in [-0.3, -0.25) is 4.79 Å². The van der Waals surface area contributed by atoms with Crippen LogP contribution in [0.15, 0.2) is 36.4 Å². The predicted molar refractivity (Wildman–Crippen MR) is 85.2 cm³/mol. The molecule has 1 aliphatic rings. The maximum absolute atomic E-state index is 12.8. The molecular formula is C18H16O6. The standard InChI is InChI=1S/C18H16O6/c1-21-14-10-16-15(23-7-8-24-16)9-13(14)17(19)11-3-5-12(6-4-11)18(20)22-2/h3-6,9-10H,7-8H2,1-2H3. The number of benzene rings is 2. The zero-order valence-electron chi connectivity index (χ0n) is 13.3. The largest absolute Gasteiger partial charge is 0.496 e. The van der Waals surface area contributed by atoms with Crippen molar-refractivity contribution in [3.63, 3.8) is 0 Å². The second kappa shape index (κ2) is 6.62. The van der Waals surface area contributed by atoms with Gasteiger partial charge in [0, 0.05) is 11.6 Å². The molecule has 6 heteroatoms. The molecule has 0 unspecified atom stereocenters. The van der Waals surface area contributed by atoms with E-state index in [1.54, 1.807) is 36.4 Å². The third kappa shape index (κ3) is 2.90. The minimum Gasteiger partial charge on any atom is -0.496 e. The minimum atomic E-state index is -0.453. The van der Waals surface area contributed by atoms with E-state index in [0.29, 0.717) is 47.2 Å². The van der Waals surface area contributed by atoms with E-state index in [9.17, 15) is 9.59 Å². The number of carbonyl (C=O) groups is 2. The van der Waals surface area contributed by atoms with E-state index in [2.05, 4.69) is 4.74 Å². The van der Waals surface area contributed by atoms with E-state index in [0.717, 1.165) is 0 Å². The molecule has 0 radical (unpaired) electrons. The number of methoxy groups -OCH3 is 2. The molecule has 2 aromatic rings. The summed E-state index contributed by atoms with van der Waals surface area (Å²) >= 11 is 0. The number of fused-ring (bicyclic) bond motifs is 1. The number of carbonyl (C=O) groups excluding carboxylic acids is 2.